The number of esters is 3. The van der Waals surface area contributed by atoms with Crippen molar-refractivity contribution < 1.29 is 117 Å². The number of nitrogens with two attached hydrogens (primary N) is 1. The Bertz CT molecular complexity index is 4850. The second-order valence-corrected chi connectivity index (χ2v) is 21.6. The molecule has 36 heteroatoms. The smallest absolute Gasteiger partial charge is 0.870 e. The number of aldehydes is 1. The third kappa shape index (κ3) is 19.8. The number of amides is 4. The first kappa shape index (κ1) is 79.8. The number of aliphatic imine (C=N–C) groups is 3. The van der Waals surface area contributed by atoms with Crippen molar-refractivity contribution in [2.75, 3.05) is 38.0 Å². The Kier molecular flexibility index (Phi) is 29.2. The van der Waals surface area contributed by atoms with Crippen molar-refractivity contribution >= 4 is 111 Å². The van der Waals surface area contributed by atoms with Gasteiger partial charge in [-0.3, -0.25) is 68.1 Å². The molecule has 2 saturated heterocycles. The van der Waals surface area contributed by atoms with Crippen LogP contribution >= 0.6 is 0 Å². The largest absolute Gasteiger partial charge is 1.00 e. The van der Waals surface area contributed by atoms with E-state index in [2.05, 4.69) is 60.4 Å². The number of H-pyrrole nitrogens is 2. The number of anilines is 2. The van der Waals surface area contributed by atoms with Crippen molar-refractivity contribution in [2.45, 2.75) is 72.3 Å². The molecule has 0 saturated carbocycles. The Labute approximate surface area is 618 Å². The maximum absolute atomic E-state index is 12.4. The molecule has 8 N–H and O–H groups in total. The fourth-order valence-electron chi connectivity index (χ4n) is 10.2. The molecule has 1 atom stereocenters. The second kappa shape index (κ2) is 38.5. The molecule has 0 spiro atoms. The molecule has 0 radical (unpaired) electrons. The van der Waals surface area contributed by atoms with E-state index in [-0.39, 0.29) is 96.0 Å². The van der Waals surface area contributed by atoms with Gasteiger partial charge >= 0.3 is 59.4 Å². The van der Waals surface area contributed by atoms with Crippen LogP contribution in [0.15, 0.2) is 174 Å². The Morgan fingerprint density at radius 1 is 0.562 bits per heavy atom. The number of benzene rings is 5. The number of imide groups is 2. The number of imidazole rings is 3. The number of fused-ring (bicyclic) bond motifs is 5. The Balaban J connectivity index is 0.000000176. The maximum atomic E-state index is 12.4. The molecule has 5 aliphatic rings. The summed E-state index contributed by atoms with van der Waals surface area (Å²) < 4.78 is 23.8. The van der Waals surface area contributed by atoms with E-state index in [1.165, 1.54) is 47.5 Å². The minimum absolute atomic E-state index is 0. The van der Waals surface area contributed by atoms with Gasteiger partial charge in [0.1, 0.15) is 36.5 Å². The van der Waals surface area contributed by atoms with Crippen molar-refractivity contribution in [1.29, 1.82) is 0 Å². The molecule has 35 nitrogen and oxygen atoms in total. The number of para-hydroxylation sites is 2. The second-order valence-electron chi connectivity index (χ2n) is 21.6. The molecule has 15 rings (SSSR count). The molecule has 5 aliphatic heterocycles. The van der Waals surface area contributed by atoms with E-state index in [9.17, 15) is 47.9 Å². The zero-order chi connectivity index (χ0) is 73.5. The number of methoxy groups -OCH3 is 1. The summed E-state index contributed by atoms with van der Waals surface area (Å²) in [6.45, 7) is 7.80. The van der Waals surface area contributed by atoms with E-state index in [0.717, 1.165) is 61.0 Å². The van der Waals surface area contributed by atoms with Crippen LogP contribution in [0, 0.1) is 0 Å². The van der Waals surface area contributed by atoms with Crippen LogP contribution in [0.3, 0.4) is 0 Å². The number of nitrogen functional groups attached to an aromatic ring is 1. The third-order valence-electron chi connectivity index (χ3n) is 15.0. The number of carboxylic acids is 1. The average Bonchev–Trinajstić information content (AvgIpc) is 1.66. The molecule has 5 aromatic heterocycles. The number of carbonyl (C=O) groups is 10. The van der Waals surface area contributed by atoms with Crippen LogP contribution in [-0.2, 0) is 77.0 Å². The predicted molar refractivity (Wildman–Crippen MR) is 368 cm³/mol. The van der Waals surface area contributed by atoms with Crippen molar-refractivity contribution in [2.24, 2.45) is 15.0 Å². The molecular formula is C69H68N17NaO18. The van der Waals surface area contributed by atoms with E-state index in [0.29, 0.717) is 66.9 Å². The molecule has 4 amide bonds. The van der Waals surface area contributed by atoms with E-state index < -0.39 is 53.7 Å². The number of aromatic amines is 2. The van der Waals surface area contributed by atoms with Crippen molar-refractivity contribution in [1.82, 2.24) is 59.2 Å². The quantitative estimate of drug-likeness (QED) is 0.0150. The van der Waals surface area contributed by atoms with E-state index in [1.54, 1.807) is 31.7 Å². The fourth-order valence-corrected chi connectivity index (χ4v) is 10.2. The molecule has 0 aliphatic carbocycles. The third-order valence-corrected chi connectivity index (χ3v) is 15.0. The van der Waals surface area contributed by atoms with Gasteiger partial charge in [0.15, 0.2) is 28.7 Å². The van der Waals surface area contributed by atoms with Crippen LogP contribution in [0.5, 0.6) is 0 Å². The monoisotopic (exact) mass is 1450 g/mol. The molecule has 105 heavy (non-hydrogen) atoms. The molecular weight excluding hydrogens is 1380 g/mol. The summed E-state index contributed by atoms with van der Waals surface area (Å²) in [6.07, 6.45) is 8.33. The van der Waals surface area contributed by atoms with Gasteiger partial charge in [0.25, 0.3) is 23.6 Å². The summed E-state index contributed by atoms with van der Waals surface area (Å²) in [5.74, 6) is -2.45. The SMILES string of the molecule is CCOC(=O)C(Nc1n[nH]c2ccccc12)OC.CCOC(=O)C=O.CCOC(=O)c1cncn1C1=NCc2ccccc21.Nc1n[nH]c2ccccc12.O=C(O)c1cncn1C1=NCc2ccccc21.O=C(ON1C(=O)CCC1=O)c1cncn1C1=NCc2ccccc21.O=C1CCC(=O)N1O.[Na+].[OH-]. The number of ether oxygens (including phenoxy) is 4. The molecule has 1 unspecified atom stereocenters. The summed E-state index contributed by atoms with van der Waals surface area (Å²) in [7, 11) is 1.43. The van der Waals surface area contributed by atoms with Gasteiger partial charge in [-0.15, -0.1) is 5.06 Å². The fraction of sp³-hybridized carbons (Fsp3) is 0.217. The van der Waals surface area contributed by atoms with Crippen molar-refractivity contribution in [3.05, 3.63) is 209 Å². The number of carboxylic acid groups (broad SMARTS) is 1. The zero-order valence-corrected chi connectivity index (χ0v) is 59.1. The van der Waals surface area contributed by atoms with Crippen LogP contribution in [0.25, 0.3) is 21.8 Å². The first-order valence-electron chi connectivity index (χ1n) is 31.6. The minimum atomic E-state index is -1.01. The van der Waals surface area contributed by atoms with Crippen LogP contribution in [0.1, 0.15) is 111 Å². The maximum Gasteiger partial charge on any atom is 1.00 e. The number of hydrogen-bond acceptors (Lipinski definition) is 27. The molecule has 10 aromatic rings. The molecule has 10 heterocycles. The van der Waals surface area contributed by atoms with Gasteiger partial charge in [-0.1, -0.05) is 97.1 Å². The summed E-state index contributed by atoms with van der Waals surface area (Å²) in [6, 6.07) is 38.8. The summed E-state index contributed by atoms with van der Waals surface area (Å²) >= 11 is 0. The zero-order valence-electron chi connectivity index (χ0n) is 57.1. The van der Waals surface area contributed by atoms with Crippen LogP contribution in [0.4, 0.5) is 11.6 Å². The summed E-state index contributed by atoms with van der Waals surface area (Å²) in [5, 5.41) is 36.5. The summed E-state index contributed by atoms with van der Waals surface area (Å²) in [5.41, 5.74) is 14.2. The predicted octanol–water partition coefficient (Wildman–Crippen LogP) is 2.93. The number of carbonyl (C=O) groups excluding carboxylic acids is 9. The Morgan fingerprint density at radius 2 is 0.971 bits per heavy atom. The normalized spacial score (nSPS) is 13.4. The number of rotatable bonds is 12. The minimum Gasteiger partial charge on any atom is -0.870 e. The van der Waals surface area contributed by atoms with Crippen LogP contribution in [0.2, 0.25) is 0 Å². The van der Waals surface area contributed by atoms with Crippen molar-refractivity contribution in [3.8, 4) is 0 Å². The number of hydrogen-bond donors (Lipinski definition) is 6. The number of hydroxylamine groups is 4. The van der Waals surface area contributed by atoms with Crippen molar-refractivity contribution in [3.63, 3.8) is 0 Å². The average molecular weight is 1450 g/mol. The number of nitrogens with zero attached hydrogens (tertiary/aromatic N) is 13. The number of aromatic nitrogens is 10. The van der Waals surface area contributed by atoms with E-state index >= 15 is 0 Å². The topological polar surface area (TPSA) is 480 Å². The first-order chi connectivity index (χ1) is 49.9. The Hall–Kier alpha value is -12.5. The summed E-state index contributed by atoms with van der Waals surface area (Å²) in [4.78, 5) is 140. The van der Waals surface area contributed by atoms with Gasteiger partial charge in [0.2, 0.25) is 12.5 Å². The van der Waals surface area contributed by atoms with Gasteiger partial charge in [-0.25, -0.2) is 38.9 Å². The molecule has 2 fully saturated rings. The van der Waals surface area contributed by atoms with Gasteiger partial charge in [-0.05, 0) is 61.7 Å². The van der Waals surface area contributed by atoms with E-state index in [4.69, 9.17) is 35.1 Å². The molecule has 0 bridgehead atoms. The number of nitrogens with one attached hydrogen (secondary N) is 3. The van der Waals surface area contributed by atoms with E-state index in [1.807, 2.05) is 121 Å². The van der Waals surface area contributed by atoms with Gasteiger partial charge < -0.3 is 45.4 Å². The van der Waals surface area contributed by atoms with Crippen LogP contribution < -0.4 is 40.6 Å². The van der Waals surface area contributed by atoms with Crippen LogP contribution in [-0.4, -0.2) is 185 Å². The van der Waals surface area contributed by atoms with Gasteiger partial charge in [-0.2, -0.15) is 15.3 Å². The Morgan fingerprint density at radius 3 is 1.40 bits per heavy atom. The first-order valence-corrected chi connectivity index (χ1v) is 31.6. The standard InChI is InChI=1S/C16H12N4O4.C14H13N3O2.C12H15N3O3.C12H9N3O2.C7H7N3.C4H5NO3.C4H6O3.Na.H2O/c21-13-5-6-14(22)20(13)24-16(23)12-8-17-9-19(12)15-11-4-2-1-3-10(11)7-18-15;1-2-19-14(18)12-8-15-9-17(12)13-11-6-4-3-5-10(11)7-16-13;1-3-18-12(16)11(17-2)13-10-8-6-4-5-7-9(8)14-15-10;16-12(17)10-6-13-7-15(10)11-9-4-2-1-3-8(9)5-14-11;8-7-5-3-1-2-4-6(5)9-10-7;6-3-1-2-4(7)5(3)8;1-2-7-4(6)3-5;;/h1-4,8-9H,5-7H2;3-6,8-9H,2,7H2,1H3;4-7,11H,3H2,1-2H3,(H2,13,14,15);1-4,6-7H,5H2,(H,16,17);1-4H,(H3,8,9,10);8H,1-2H2;3H,2H2,1H3;;1H2/q;;;;;;;+1;/p-1. The number of aromatic carboxylic acids is 1. The van der Waals surface area contributed by atoms with Gasteiger partial charge in [0, 0.05) is 60.3 Å². The molecule has 538 valence electrons. The van der Waals surface area contributed by atoms with Gasteiger partial charge in [0.05, 0.1) is 69.1 Å². The molecule has 5 aromatic carbocycles.